The maximum atomic E-state index is 14.4. The fourth-order valence-electron chi connectivity index (χ4n) is 3.62. The van der Waals surface area contributed by atoms with E-state index in [-0.39, 0.29) is 24.2 Å². The van der Waals surface area contributed by atoms with Gasteiger partial charge in [-0.3, -0.25) is 4.79 Å². The van der Waals surface area contributed by atoms with E-state index in [2.05, 4.69) is 15.4 Å². The average Bonchev–Trinajstić information content (AvgIpc) is 3.21. The summed E-state index contributed by atoms with van der Waals surface area (Å²) in [6, 6.07) is 9.24. The predicted molar refractivity (Wildman–Crippen MR) is 116 cm³/mol. The van der Waals surface area contributed by atoms with E-state index in [9.17, 15) is 31.9 Å². The Morgan fingerprint density at radius 2 is 1.83 bits per heavy atom. The molecule has 1 amide bonds. The number of halogens is 5. The molecule has 0 radical (unpaired) electrons. The molecule has 2 aromatic heterocycles. The summed E-state index contributed by atoms with van der Waals surface area (Å²) in [6.07, 6.45) is -4.71. The van der Waals surface area contributed by atoms with Gasteiger partial charge in [0.25, 0.3) is 5.91 Å². The summed E-state index contributed by atoms with van der Waals surface area (Å²) in [7, 11) is 0. The van der Waals surface area contributed by atoms with E-state index in [4.69, 9.17) is 5.73 Å². The fraction of sp³-hybridized carbons (Fsp3) is 0.174. The van der Waals surface area contributed by atoms with Crippen molar-refractivity contribution in [3.05, 3.63) is 83.2 Å². The van der Waals surface area contributed by atoms with Gasteiger partial charge in [-0.2, -0.15) is 18.3 Å². The van der Waals surface area contributed by atoms with Crippen LogP contribution in [0.4, 0.5) is 27.8 Å². The molecule has 0 aliphatic rings. The molecule has 182 valence electrons. The number of fused-ring (bicyclic) bond motifs is 1. The number of nitrogens with two attached hydrogens (primary N) is 1. The summed E-state index contributed by atoms with van der Waals surface area (Å²) in [5.41, 5.74) is 4.16. The van der Waals surface area contributed by atoms with E-state index >= 15 is 0 Å². The van der Waals surface area contributed by atoms with Gasteiger partial charge in [-0.25, -0.2) is 18.3 Å². The quantitative estimate of drug-likeness (QED) is 0.352. The Bertz CT molecular complexity index is 1390. The molecule has 0 aliphatic carbocycles. The molecule has 0 fully saturated rings. The molecule has 12 heteroatoms. The lowest BCUT2D eigenvalue weighted by Crippen LogP contribution is -2.26. The normalized spacial score (nSPS) is 12.6. The van der Waals surface area contributed by atoms with Crippen molar-refractivity contribution in [2.24, 2.45) is 0 Å². The maximum absolute atomic E-state index is 14.4. The Morgan fingerprint density at radius 1 is 1.11 bits per heavy atom. The summed E-state index contributed by atoms with van der Waals surface area (Å²) in [4.78, 5) is 16.2. The van der Waals surface area contributed by atoms with Crippen LogP contribution >= 0.6 is 0 Å². The van der Waals surface area contributed by atoms with Gasteiger partial charge in [0.15, 0.2) is 5.82 Å². The number of nitrogens with one attached hydrogen (secondary N) is 1. The molecule has 2 aromatic carbocycles. The Hall–Kier alpha value is -4.06. The summed E-state index contributed by atoms with van der Waals surface area (Å²) in [5, 5.41) is 16.5. The van der Waals surface area contributed by atoms with Crippen molar-refractivity contribution in [3.63, 3.8) is 0 Å². The van der Waals surface area contributed by atoms with Crippen molar-refractivity contribution in [2.75, 3.05) is 12.3 Å². The number of hydrogen-bond donors (Lipinski definition) is 3. The van der Waals surface area contributed by atoms with E-state index in [0.29, 0.717) is 5.56 Å². The van der Waals surface area contributed by atoms with Gasteiger partial charge in [-0.15, -0.1) is 0 Å². The molecule has 4 rings (SSSR count). The highest BCUT2D eigenvalue weighted by Gasteiger charge is 2.36. The molecule has 0 unspecified atom stereocenters. The number of anilines is 1. The van der Waals surface area contributed by atoms with Crippen molar-refractivity contribution >= 4 is 17.2 Å². The van der Waals surface area contributed by atoms with E-state index in [1.54, 1.807) is 0 Å². The van der Waals surface area contributed by atoms with Crippen molar-refractivity contribution in [2.45, 2.75) is 18.7 Å². The molecular formula is C23H18F5N5O2. The molecule has 0 saturated carbocycles. The van der Waals surface area contributed by atoms with Gasteiger partial charge in [-0.05, 0) is 48.4 Å². The van der Waals surface area contributed by atoms with Crippen molar-refractivity contribution in [3.8, 4) is 11.3 Å². The minimum Gasteiger partial charge on any atom is -0.388 e. The number of amides is 1. The zero-order chi connectivity index (χ0) is 25.3. The number of aromatic nitrogens is 3. The topological polar surface area (TPSA) is 106 Å². The standard InChI is InChI=1S/C23H18F5N5O2/c24-14-4-1-12(2-5-14)19(34)7-8-30-22(35)15-9-13(3-6-17(15)25)18-10-16(23(26,27)28)20-21(29)31-11-32-33(18)20/h1-6,9-11,19,34H,7-8H2,(H,30,35)(H2,29,31,32)/t19-/m0/s1. The summed E-state index contributed by atoms with van der Waals surface area (Å²) in [5.74, 6) is -2.58. The summed E-state index contributed by atoms with van der Waals surface area (Å²) < 4.78 is 69.0. The lowest BCUT2D eigenvalue weighted by atomic mass is 10.1. The average molecular weight is 491 g/mol. The van der Waals surface area contributed by atoms with E-state index in [0.717, 1.165) is 29.0 Å². The first-order chi connectivity index (χ1) is 16.6. The third kappa shape index (κ3) is 4.92. The Kier molecular flexibility index (Phi) is 6.39. The number of nitrogens with zero attached hydrogens (tertiary/aromatic N) is 3. The molecule has 0 bridgehead atoms. The Labute approximate surface area is 195 Å². The van der Waals surface area contributed by atoms with Crippen LogP contribution in [-0.2, 0) is 6.18 Å². The number of benzene rings is 2. The smallest absolute Gasteiger partial charge is 0.388 e. The van der Waals surface area contributed by atoms with Gasteiger partial charge in [0.05, 0.1) is 22.9 Å². The van der Waals surface area contributed by atoms with E-state index in [1.807, 2.05) is 0 Å². The third-order valence-electron chi connectivity index (χ3n) is 5.35. The van der Waals surface area contributed by atoms with Crippen LogP contribution in [0.3, 0.4) is 0 Å². The van der Waals surface area contributed by atoms with Crippen LogP contribution in [0, 0.1) is 11.6 Å². The first-order valence-corrected chi connectivity index (χ1v) is 10.3. The molecule has 35 heavy (non-hydrogen) atoms. The van der Waals surface area contributed by atoms with Crippen LogP contribution in [0.1, 0.15) is 34.0 Å². The van der Waals surface area contributed by atoms with Gasteiger partial charge < -0.3 is 16.2 Å². The second kappa shape index (κ2) is 9.29. The van der Waals surface area contributed by atoms with Crippen LogP contribution in [0.15, 0.2) is 54.9 Å². The van der Waals surface area contributed by atoms with Crippen LogP contribution in [0.2, 0.25) is 0 Å². The van der Waals surface area contributed by atoms with Crippen molar-refractivity contribution in [1.82, 2.24) is 19.9 Å². The summed E-state index contributed by atoms with van der Waals surface area (Å²) >= 11 is 0. The Morgan fingerprint density at radius 3 is 2.51 bits per heavy atom. The fourth-order valence-corrected chi connectivity index (χ4v) is 3.62. The molecule has 0 spiro atoms. The molecule has 2 heterocycles. The van der Waals surface area contributed by atoms with Crippen molar-refractivity contribution in [1.29, 1.82) is 0 Å². The molecule has 4 N–H and O–H groups in total. The Balaban J connectivity index is 1.58. The molecule has 0 aliphatic heterocycles. The number of aliphatic hydroxyl groups is 1. The highest BCUT2D eigenvalue weighted by molar-refractivity contribution is 5.95. The minimum atomic E-state index is -4.76. The molecular weight excluding hydrogens is 473 g/mol. The number of alkyl halides is 3. The minimum absolute atomic E-state index is 0.0446. The molecule has 7 nitrogen and oxygen atoms in total. The van der Waals surface area contributed by atoms with Crippen LogP contribution < -0.4 is 11.1 Å². The van der Waals surface area contributed by atoms with Crippen LogP contribution in [0.25, 0.3) is 16.8 Å². The lowest BCUT2D eigenvalue weighted by Gasteiger charge is -2.12. The largest absolute Gasteiger partial charge is 0.418 e. The molecule has 4 aromatic rings. The zero-order valence-corrected chi connectivity index (χ0v) is 17.9. The van der Waals surface area contributed by atoms with Gasteiger partial charge in [-0.1, -0.05) is 12.1 Å². The van der Waals surface area contributed by atoms with E-state index in [1.165, 1.54) is 30.3 Å². The molecule has 1 atom stereocenters. The van der Waals surface area contributed by atoms with Crippen LogP contribution in [-0.4, -0.2) is 32.2 Å². The third-order valence-corrected chi connectivity index (χ3v) is 5.35. The SMILES string of the molecule is Nc1ncnn2c(-c3ccc(F)c(C(=O)NCC[C@H](O)c4ccc(F)cc4)c3)cc(C(F)(F)F)c12. The first-order valence-electron chi connectivity index (χ1n) is 10.3. The van der Waals surface area contributed by atoms with Crippen molar-refractivity contribution < 1.29 is 31.9 Å². The van der Waals surface area contributed by atoms with E-state index < -0.39 is 52.3 Å². The molecule has 0 saturated heterocycles. The summed E-state index contributed by atoms with van der Waals surface area (Å²) in [6.45, 7) is -0.0446. The number of aliphatic hydroxyl groups excluding tert-OH is 1. The van der Waals surface area contributed by atoms with Gasteiger partial charge in [0.2, 0.25) is 0 Å². The number of rotatable bonds is 6. The van der Waals surface area contributed by atoms with Gasteiger partial charge in [0.1, 0.15) is 23.5 Å². The highest BCUT2D eigenvalue weighted by Crippen LogP contribution is 2.38. The monoisotopic (exact) mass is 491 g/mol. The number of nitrogen functional groups attached to an aromatic ring is 1. The number of carbonyl (C=O) groups is 1. The second-order valence-electron chi connectivity index (χ2n) is 7.65. The second-order valence-corrected chi connectivity index (χ2v) is 7.65. The zero-order valence-electron chi connectivity index (χ0n) is 17.9. The van der Waals surface area contributed by atoms with Crippen LogP contribution in [0.5, 0.6) is 0 Å². The predicted octanol–water partition coefficient (Wildman–Crippen LogP) is 4.13. The van der Waals surface area contributed by atoms with Gasteiger partial charge in [0, 0.05) is 12.1 Å². The number of hydrogen-bond acceptors (Lipinski definition) is 5. The number of carbonyl (C=O) groups excluding carboxylic acids is 1. The lowest BCUT2D eigenvalue weighted by molar-refractivity contribution is -0.136. The maximum Gasteiger partial charge on any atom is 0.418 e. The highest BCUT2D eigenvalue weighted by atomic mass is 19.4. The van der Waals surface area contributed by atoms with Gasteiger partial charge >= 0.3 is 6.18 Å². The first kappa shape index (κ1) is 24.1.